The van der Waals surface area contributed by atoms with Gasteiger partial charge in [0.05, 0.1) is 11.7 Å². The molecule has 0 spiro atoms. The predicted octanol–water partition coefficient (Wildman–Crippen LogP) is 3.60. The van der Waals surface area contributed by atoms with Crippen LogP contribution in [0.2, 0.25) is 0 Å². The molecule has 12 nitrogen and oxygen atoms in total. The number of piperidine rings is 1. The molecule has 2 aliphatic heterocycles. The molecule has 2 aromatic heterocycles. The second-order valence-corrected chi connectivity index (χ2v) is 12.5. The fraction of sp³-hybridized carbons (Fsp3) is 0.382. The minimum absolute atomic E-state index is 0.115. The van der Waals surface area contributed by atoms with Crippen molar-refractivity contribution < 1.29 is 9.53 Å². The highest BCUT2D eigenvalue weighted by molar-refractivity contribution is 5.97. The Labute approximate surface area is 267 Å². The van der Waals surface area contributed by atoms with E-state index in [1.807, 2.05) is 44.2 Å². The van der Waals surface area contributed by atoms with Crippen LogP contribution in [0.1, 0.15) is 32.7 Å². The summed E-state index contributed by atoms with van der Waals surface area (Å²) in [6, 6.07) is 18.4. The number of nitrogens with zero attached hydrogens (tertiary/aromatic N) is 8. The Balaban J connectivity index is 1.28. The van der Waals surface area contributed by atoms with Crippen molar-refractivity contribution in [2.45, 2.75) is 38.3 Å². The molecule has 0 aliphatic carbocycles. The van der Waals surface area contributed by atoms with Crippen molar-refractivity contribution in [2.24, 2.45) is 0 Å². The minimum atomic E-state index is -0.461. The molecule has 4 aromatic rings. The van der Waals surface area contributed by atoms with Gasteiger partial charge in [0, 0.05) is 44.8 Å². The van der Waals surface area contributed by atoms with Gasteiger partial charge in [-0.2, -0.15) is 5.26 Å². The van der Waals surface area contributed by atoms with Crippen LogP contribution in [0.3, 0.4) is 0 Å². The highest BCUT2D eigenvalue weighted by Crippen LogP contribution is 2.30. The first-order valence-electron chi connectivity index (χ1n) is 15.6. The molecule has 2 aromatic carbocycles. The Morgan fingerprint density at radius 3 is 2.41 bits per heavy atom. The summed E-state index contributed by atoms with van der Waals surface area (Å²) < 4.78 is 9.06. The molecule has 4 heterocycles. The van der Waals surface area contributed by atoms with Crippen molar-refractivity contribution >= 4 is 22.9 Å². The molecule has 238 valence electrons. The molecule has 1 atom stereocenters. The van der Waals surface area contributed by atoms with Crippen molar-refractivity contribution in [1.29, 1.82) is 5.26 Å². The number of para-hydroxylation sites is 1. The van der Waals surface area contributed by atoms with Gasteiger partial charge in [0.15, 0.2) is 11.5 Å². The van der Waals surface area contributed by atoms with Crippen molar-refractivity contribution in [3.05, 3.63) is 83.1 Å². The van der Waals surface area contributed by atoms with E-state index in [1.165, 1.54) is 10.9 Å². The number of carbonyl (C=O) groups is 1. The molecular weight excluding hydrogens is 582 g/mol. The van der Waals surface area contributed by atoms with Gasteiger partial charge < -0.3 is 20.3 Å². The fourth-order valence-corrected chi connectivity index (χ4v) is 6.41. The number of amides is 1. The number of carbonyl (C=O) groups excluding carboxylic acids is 1. The summed E-state index contributed by atoms with van der Waals surface area (Å²) in [4.78, 5) is 42.8. The van der Waals surface area contributed by atoms with Gasteiger partial charge in [0.25, 0.3) is 5.91 Å². The third-order valence-corrected chi connectivity index (χ3v) is 8.97. The number of piperazine rings is 1. The first-order chi connectivity index (χ1) is 22.2. The normalized spacial score (nSPS) is 18.4. The van der Waals surface area contributed by atoms with Gasteiger partial charge in [-0.1, -0.05) is 18.2 Å². The number of rotatable bonds is 7. The Bertz CT molecular complexity index is 1850. The molecule has 0 saturated carbocycles. The summed E-state index contributed by atoms with van der Waals surface area (Å²) in [6.07, 6.45) is 4.47. The minimum Gasteiger partial charge on any atom is -0.457 e. The van der Waals surface area contributed by atoms with E-state index < -0.39 is 5.54 Å². The van der Waals surface area contributed by atoms with Crippen LogP contribution in [0, 0.1) is 11.3 Å². The molecule has 0 unspecified atom stereocenters. The second-order valence-electron chi connectivity index (χ2n) is 12.5. The van der Waals surface area contributed by atoms with Gasteiger partial charge in [-0.15, -0.1) is 0 Å². The summed E-state index contributed by atoms with van der Waals surface area (Å²) >= 11 is 0. The van der Waals surface area contributed by atoms with Crippen LogP contribution in [-0.2, 0) is 4.79 Å². The SMILES string of the molecule is CN1CCN(C(C)(C)C=C(C#N)C(=O)N2CCC[C@H](n3c(=O)n(-c4ccc(Oc5ccccc5)cc4)c4c(N)ncnc43)C2)CC1. The predicted molar refractivity (Wildman–Crippen MR) is 176 cm³/mol. The van der Waals surface area contributed by atoms with E-state index in [-0.39, 0.29) is 35.6 Å². The van der Waals surface area contributed by atoms with E-state index in [0.717, 1.165) is 26.2 Å². The molecule has 6 rings (SSSR count). The topological polar surface area (TPSA) is 139 Å². The number of hydrogen-bond donors (Lipinski definition) is 1. The van der Waals surface area contributed by atoms with Gasteiger partial charge in [-0.25, -0.2) is 14.8 Å². The maximum absolute atomic E-state index is 14.2. The smallest absolute Gasteiger partial charge is 0.335 e. The highest BCUT2D eigenvalue weighted by Gasteiger charge is 2.33. The van der Waals surface area contributed by atoms with Crippen LogP contribution in [0.15, 0.2) is 77.4 Å². The number of hydrogen-bond acceptors (Lipinski definition) is 9. The maximum Gasteiger partial charge on any atom is 0.335 e. The number of fused-ring (bicyclic) bond motifs is 1. The van der Waals surface area contributed by atoms with Crippen LogP contribution < -0.4 is 16.2 Å². The number of nitrogens with two attached hydrogens (primary N) is 1. The van der Waals surface area contributed by atoms with Crippen molar-refractivity contribution in [3.8, 4) is 23.3 Å². The van der Waals surface area contributed by atoms with Gasteiger partial charge in [-0.05, 0) is 76.2 Å². The van der Waals surface area contributed by atoms with Gasteiger partial charge in [0.1, 0.15) is 35.0 Å². The molecule has 46 heavy (non-hydrogen) atoms. The zero-order chi connectivity index (χ0) is 32.4. The van der Waals surface area contributed by atoms with Crippen molar-refractivity contribution in [3.63, 3.8) is 0 Å². The first-order valence-corrected chi connectivity index (χ1v) is 15.6. The first kappa shape index (κ1) is 31.0. The van der Waals surface area contributed by atoms with E-state index in [9.17, 15) is 14.9 Å². The van der Waals surface area contributed by atoms with E-state index >= 15 is 0 Å². The third-order valence-electron chi connectivity index (χ3n) is 8.97. The van der Waals surface area contributed by atoms with Crippen molar-refractivity contribution in [2.75, 3.05) is 52.0 Å². The van der Waals surface area contributed by atoms with Crippen LogP contribution in [0.5, 0.6) is 11.5 Å². The number of ether oxygens (including phenoxy) is 1. The van der Waals surface area contributed by atoms with Gasteiger partial charge in [-0.3, -0.25) is 18.8 Å². The van der Waals surface area contributed by atoms with Crippen molar-refractivity contribution in [1.82, 2.24) is 33.8 Å². The second kappa shape index (κ2) is 12.8. The molecule has 2 fully saturated rings. The monoisotopic (exact) mass is 621 g/mol. The number of benzene rings is 2. The van der Waals surface area contributed by atoms with Crippen LogP contribution in [0.4, 0.5) is 5.82 Å². The number of likely N-dealkylation sites (tertiary alicyclic amines) is 1. The molecule has 2 aliphatic rings. The van der Waals surface area contributed by atoms with E-state index in [1.54, 1.807) is 39.8 Å². The average molecular weight is 622 g/mol. The Kier molecular flexibility index (Phi) is 8.62. The molecule has 1 amide bonds. The summed E-state index contributed by atoms with van der Waals surface area (Å²) in [5.41, 5.74) is 7.04. The van der Waals surface area contributed by atoms with Crippen LogP contribution >= 0.6 is 0 Å². The molecule has 2 saturated heterocycles. The molecule has 0 radical (unpaired) electrons. The number of imidazole rings is 1. The van der Waals surface area contributed by atoms with E-state index in [0.29, 0.717) is 47.7 Å². The number of anilines is 1. The standard InChI is InChI=1S/C34H39N9O3/c1-34(2,41-18-16-39(3)17-19-41)20-24(21-35)32(44)40-15-7-8-26(22-40)43-31-29(30(36)37-23-38-31)42(33(43)45)25-11-13-28(14-12-25)46-27-9-5-4-6-10-27/h4-6,9-14,20,23,26H,7-8,15-19,22H2,1-3H3,(H2,36,37,38)/t26-/m0/s1. The highest BCUT2D eigenvalue weighted by atomic mass is 16.5. The lowest BCUT2D eigenvalue weighted by Crippen LogP contribution is -2.53. The van der Waals surface area contributed by atoms with Crippen LogP contribution in [0.25, 0.3) is 16.9 Å². The van der Waals surface area contributed by atoms with Gasteiger partial charge in [0.2, 0.25) is 0 Å². The van der Waals surface area contributed by atoms with E-state index in [4.69, 9.17) is 10.5 Å². The van der Waals surface area contributed by atoms with E-state index in [2.05, 4.69) is 32.9 Å². The molecule has 12 heteroatoms. The molecule has 2 N–H and O–H groups in total. The maximum atomic E-state index is 14.2. The molecule has 0 bridgehead atoms. The largest absolute Gasteiger partial charge is 0.457 e. The zero-order valence-corrected chi connectivity index (χ0v) is 26.5. The number of nitriles is 1. The number of nitrogen functional groups attached to an aromatic ring is 1. The number of aromatic nitrogens is 4. The van der Waals surface area contributed by atoms with Crippen LogP contribution in [-0.4, -0.2) is 91.6 Å². The third kappa shape index (κ3) is 6.11. The van der Waals surface area contributed by atoms with Gasteiger partial charge >= 0.3 is 5.69 Å². The Morgan fingerprint density at radius 1 is 1.02 bits per heavy atom. The lowest BCUT2D eigenvalue weighted by molar-refractivity contribution is -0.128. The Morgan fingerprint density at radius 2 is 1.72 bits per heavy atom. The zero-order valence-electron chi connectivity index (χ0n) is 26.5. The molecular formula is C34H39N9O3. The Hall–Kier alpha value is -4.99. The quantitative estimate of drug-likeness (QED) is 0.242. The summed E-state index contributed by atoms with van der Waals surface area (Å²) in [7, 11) is 2.10. The summed E-state index contributed by atoms with van der Waals surface area (Å²) in [5.74, 6) is 1.18. The lowest BCUT2D eigenvalue weighted by Gasteiger charge is -2.42. The lowest BCUT2D eigenvalue weighted by atomic mass is 9.96. The average Bonchev–Trinajstić information content (AvgIpc) is 3.37. The number of likely N-dealkylation sites (N-methyl/N-ethyl adjacent to an activating group) is 1. The summed E-state index contributed by atoms with van der Waals surface area (Å²) in [6.45, 7) is 8.43. The fourth-order valence-electron chi connectivity index (χ4n) is 6.41. The summed E-state index contributed by atoms with van der Waals surface area (Å²) in [5, 5.41) is 10.1.